The second-order valence-electron chi connectivity index (χ2n) is 6.04. The molecular weight excluding hydrogens is 298 g/mol. The summed E-state index contributed by atoms with van der Waals surface area (Å²) in [5.74, 6) is 0. The fraction of sp³-hybridized carbons (Fsp3) is 0.0500. The molecule has 0 amide bonds. The molecule has 4 heteroatoms. The molecule has 0 saturated heterocycles. The van der Waals surface area contributed by atoms with Gasteiger partial charge in [0.1, 0.15) is 5.52 Å². The summed E-state index contributed by atoms with van der Waals surface area (Å²) in [6.45, 7) is 2.06. The minimum absolute atomic E-state index is 0.0101. The van der Waals surface area contributed by atoms with E-state index in [2.05, 4.69) is 36.2 Å². The molecule has 3 aromatic heterocycles. The molecule has 5 rings (SSSR count). The highest BCUT2D eigenvalue weighted by atomic mass is 16.1. The average molecular weight is 311 g/mol. The molecule has 24 heavy (non-hydrogen) atoms. The molecule has 0 N–H and O–H groups in total. The third kappa shape index (κ3) is 1.65. The highest BCUT2D eigenvalue weighted by Gasteiger charge is 2.18. The van der Waals surface area contributed by atoms with Gasteiger partial charge in [-0.1, -0.05) is 54.1 Å². The van der Waals surface area contributed by atoms with Gasteiger partial charge in [-0.25, -0.2) is 4.98 Å². The number of pyridine rings is 1. The van der Waals surface area contributed by atoms with Gasteiger partial charge in [-0.05, 0) is 6.92 Å². The normalized spacial score (nSPS) is 11.7. The average Bonchev–Trinajstić information content (AvgIpc) is 3.01. The zero-order valence-corrected chi connectivity index (χ0v) is 13.0. The summed E-state index contributed by atoms with van der Waals surface area (Å²) in [6.07, 6.45) is 3.32. The zero-order chi connectivity index (χ0) is 16.3. The van der Waals surface area contributed by atoms with Crippen molar-refractivity contribution in [2.45, 2.75) is 6.92 Å². The van der Waals surface area contributed by atoms with Crippen LogP contribution in [-0.4, -0.2) is 14.4 Å². The van der Waals surface area contributed by atoms with Gasteiger partial charge < -0.3 is 0 Å². The van der Waals surface area contributed by atoms with Crippen LogP contribution in [0.1, 0.15) is 5.56 Å². The number of imidazole rings is 1. The van der Waals surface area contributed by atoms with Gasteiger partial charge in [-0.2, -0.15) is 0 Å². The van der Waals surface area contributed by atoms with Gasteiger partial charge in [0.2, 0.25) is 5.43 Å². The van der Waals surface area contributed by atoms with E-state index in [0.29, 0.717) is 16.6 Å². The third-order valence-electron chi connectivity index (χ3n) is 4.52. The first-order chi connectivity index (χ1) is 11.7. The summed E-state index contributed by atoms with van der Waals surface area (Å²) in [4.78, 5) is 21.8. The van der Waals surface area contributed by atoms with Crippen molar-refractivity contribution < 1.29 is 0 Å². The van der Waals surface area contributed by atoms with E-state index in [1.54, 1.807) is 12.4 Å². The Morgan fingerprint density at radius 2 is 1.67 bits per heavy atom. The van der Waals surface area contributed by atoms with Crippen LogP contribution in [0.15, 0.2) is 65.7 Å². The third-order valence-corrected chi connectivity index (χ3v) is 4.52. The lowest BCUT2D eigenvalue weighted by molar-refractivity contribution is 1.20. The maximum atomic E-state index is 12.8. The Kier molecular flexibility index (Phi) is 2.54. The summed E-state index contributed by atoms with van der Waals surface area (Å²) >= 11 is 0. The highest BCUT2D eigenvalue weighted by Crippen LogP contribution is 2.31. The number of fused-ring (bicyclic) bond motifs is 2. The molecule has 0 aliphatic rings. The number of hydrogen-bond acceptors (Lipinski definition) is 3. The molecule has 4 nitrogen and oxygen atoms in total. The SMILES string of the molecule is Cc1ccc(-c2nc3cncc4c(=O)c5ccccc5c2n34)cc1. The lowest BCUT2D eigenvalue weighted by atomic mass is 10.0. The van der Waals surface area contributed by atoms with E-state index in [1.807, 2.05) is 28.7 Å². The molecule has 0 bridgehead atoms. The van der Waals surface area contributed by atoms with E-state index in [0.717, 1.165) is 22.2 Å². The first kappa shape index (κ1) is 13.2. The van der Waals surface area contributed by atoms with Crippen molar-refractivity contribution in [3.8, 4) is 11.3 Å². The fourth-order valence-electron chi connectivity index (χ4n) is 3.35. The smallest absolute Gasteiger partial charge is 0.212 e. The standard InChI is InChI=1S/C20H13N3O/c1-12-6-8-13(9-7-12)18-19-14-4-2-3-5-15(14)20(24)16-10-21-11-17(22-18)23(16)19/h2-11H,1H3. The summed E-state index contributed by atoms with van der Waals surface area (Å²) in [6, 6.07) is 16.0. The second-order valence-corrected chi connectivity index (χ2v) is 6.04. The van der Waals surface area contributed by atoms with Crippen LogP contribution in [0.2, 0.25) is 0 Å². The van der Waals surface area contributed by atoms with Gasteiger partial charge in [-0.3, -0.25) is 14.2 Å². The van der Waals surface area contributed by atoms with Crippen molar-refractivity contribution in [2.75, 3.05) is 0 Å². The molecule has 0 atom stereocenters. The number of nitrogens with zero attached hydrogens (tertiary/aromatic N) is 3. The molecule has 0 radical (unpaired) electrons. The Hall–Kier alpha value is -3.27. The Balaban J connectivity index is 2.07. The monoisotopic (exact) mass is 311 g/mol. The highest BCUT2D eigenvalue weighted by molar-refractivity contribution is 6.06. The van der Waals surface area contributed by atoms with Crippen LogP contribution >= 0.6 is 0 Å². The first-order valence-electron chi connectivity index (χ1n) is 7.81. The van der Waals surface area contributed by atoms with Crippen molar-refractivity contribution in [3.63, 3.8) is 0 Å². The van der Waals surface area contributed by atoms with Crippen molar-refractivity contribution >= 4 is 27.5 Å². The number of hydrogen-bond donors (Lipinski definition) is 0. The van der Waals surface area contributed by atoms with Gasteiger partial charge in [0.05, 0.1) is 23.6 Å². The van der Waals surface area contributed by atoms with Gasteiger partial charge in [-0.15, -0.1) is 0 Å². The van der Waals surface area contributed by atoms with E-state index >= 15 is 0 Å². The lowest BCUT2D eigenvalue weighted by Gasteiger charge is -2.06. The fourth-order valence-corrected chi connectivity index (χ4v) is 3.35. The topological polar surface area (TPSA) is 47.3 Å². The molecule has 0 aliphatic heterocycles. The molecule has 3 heterocycles. The Morgan fingerprint density at radius 3 is 2.46 bits per heavy atom. The van der Waals surface area contributed by atoms with Gasteiger partial charge >= 0.3 is 0 Å². The summed E-state index contributed by atoms with van der Waals surface area (Å²) in [5.41, 5.74) is 5.33. The molecule has 0 saturated carbocycles. The predicted molar refractivity (Wildman–Crippen MR) is 95.6 cm³/mol. The van der Waals surface area contributed by atoms with E-state index in [9.17, 15) is 4.79 Å². The largest absolute Gasteiger partial charge is 0.287 e. The van der Waals surface area contributed by atoms with Crippen molar-refractivity contribution in [2.24, 2.45) is 0 Å². The molecular formula is C20H13N3O. The quantitative estimate of drug-likeness (QED) is 0.442. The molecule has 5 aromatic rings. The predicted octanol–water partition coefficient (Wildman–Crippen LogP) is 3.81. The molecule has 0 fully saturated rings. The van der Waals surface area contributed by atoms with Crippen LogP contribution in [0.4, 0.5) is 0 Å². The zero-order valence-electron chi connectivity index (χ0n) is 13.0. The first-order valence-corrected chi connectivity index (χ1v) is 7.81. The maximum absolute atomic E-state index is 12.8. The Morgan fingerprint density at radius 1 is 0.917 bits per heavy atom. The molecule has 0 spiro atoms. The maximum Gasteiger partial charge on any atom is 0.212 e. The van der Waals surface area contributed by atoms with E-state index in [1.165, 1.54) is 5.56 Å². The molecule has 114 valence electrons. The summed E-state index contributed by atoms with van der Waals surface area (Å²) in [7, 11) is 0. The Labute approximate surface area is 137 Å². The number of benzene rings is 2. The van der Waals surface area contributed by atoms with Gasteiger partial charge in [0, 0.05) is 16.3 Å². The van der Waals surface area contributed by atoms with Crippen LogP contribution in [0.25, 0.3) is 38.7 Å². The van der Waals surface area contributed by atoms with Crippen LogP contribution in [0.5, 0.6) is 0 Å². The van der Waals surface area contributed by atoms with Crippen LogP contribution < -0.4 is 5.43 Å². The second kappa shape index (κ2) is 4.61. The van der Waals surface area contributed by atoms with Crippen molar-refractivity contribution in [1.82, 2.24) is 14.4 Å². The number of rotatable bonds is 1. The number of aryl methyl sites for hydroxylation is 1. The van der Waals surface area contributed by atoms with Crippen molar-refractivity contribution in [1.29, 1.82) is 0 Å². The molecule has 0 aliphatic carbocycles. The minimum Gasteiger partial charge on any atom is -0.287 e. The molecule has 2 aromatic carbocycles. The van der Waals surface area contributed by atoms with Crippen LogP contribution in [0, 0.1) is 6.92 Å². The lowest BCUT2D eigenvalue weighted by Crippen LogP contribution is -2.08. The van der Waals surface area contributed by atoms with Gasteiger partial charge in [0.15, 0.2) is 5.65 Å². The van der Waals surface area contributed by atoms with Crippen LogP contribution in [-0.2, 0) is 0 Å². The molecule has 0 unspecified atom stereocenters. The summed E-state index contributed by atoms with van der Waals surface area (Å²) < 4.78 is 1.92. The van der Waals surface area contributed by atoms with E-state index in [4.69, 9.17) is 4.98 Å². The van der Waals surface area contributed by atoms with E-state index < -0.39 is 0 Å². The number of aromatic nitrogens is 3. The van der Waals surface area contributed by atoms with Crippen LogP contribution in [0.3, 0.4) is 0 Å². The summed E-state index contributed by atoms with van der Waals surface area (Å²) in [5, 5.41) is 1.62. The Bertz CT molecular complexity index is 1270. The minimum atomic E-state index is -0.0101. The van der Waals surface area contributed by atoms with Crippen molar-refractivity contribution in [3.05, 3.63) is 76.7 Å². The van der Waals surface area contributed by atoms with Gasteiger partial charge in [0.25, 0.3) is 0 Å². The van der Waals surface area contributed by atoms with E-state index in [-0.39, 0.29) is 5.43 Å².